The number of halogens is 1. The van der Waals surface area contributed by atoms with Crippen LogP contribution in [-0.4, -0.2) is 16.8 Å². The molecule has 0 aliphatic carbocycles. The zero-order valence-corrected chi connectivity index (χ0v) is 22.2. The monoisotopic (exact) mass is 547 g/mol. The molecule has 5 nitrogen and oxygen atoms in total. The maximum atomic E-state index is 14.1. The summed E-state index contributed by atoms with van der Waals surface area (Å²) < 4.78 is 56.8. The van der Waals surface area contributed by atoms with Gasteiger partial charge in [-0.3, -0.25) is 0 Å². The molecule has 0 fully saturated rings. The summed E-state index contributed by atoms with van der Waals surface area (Å²) in [4.78, 5) is -0.314. The lowest BCUT2D eigenvalue weighted by Crippen LogP contribution is -2.37. The molecule has 37 heavy (non-hydrogen) atoms. The van der Waals surface area contributed by atoms with Gasteiger partial charge in [0.1, 0.15) is 0 Å². The minimum atomic E-state index is -4.59. The van der Waals surface area contributed by atoms with Crippen LogP contribution in [0.2, 0.25) is 5.02 Å². The van der Waals surface area contributed by atoms with E-state index in [9.17, 15) is 16.8 Å². The Hall–Kier alpha value is -3.65. The van der Waals surface area contributed by atoms with E-state index in [0.29, 0.717) is 25.6 Å². The molecule has 186 valence electrons. The molecular formula is C29H22ClNO4S2. The number of rotatable bonds is 6. The van der Waals surface area contributed by atoms with Gasteiger partial charge in [0.15, 0.2) is 0 Å². The highest BCUT2D eigenvalue weighted by molar-refractivity contribution is 8.10. The number of nitrogens with zero attached hydrogens (tertiary/aromatic N) is 1. The van der Waals surface area contributed by atoms with Crippen molar-refractivity contribution < 1.29 is 16.8 Å². The number of sulfonamides is 2. The lowest BCUT2D eigenvalue weighted by molar-refractivity contribution is 0.584. The summed E-state index contributed by atoms with van der Waals surface area (Å²) in [6, 6.07) is 27.9. The maximum Gasteiger partial charge on any atom is 0.277 e. The Labute approximate surface area is 221 Å². The van der Waals surface area contributed by atoms with Gasteiger partial charge in [0.2, 0.25) is 0 Å². The summed E-state index contributed by atoms with van der Waals surface area (Å²) in [5, 5.41) is 3.19. The van der Waals surface area contributed by atoms with Gasteiger partial charge in [0.05, 0.1) is 20.5 Å². The Morgan fingerprint density at radius 1 is 0.649 bits per heavy atom. The molecule has 5 aromatic rings. The Morgan fingerprint density at radius 3 is 1.54 bits per heavy atom. The molecular weight excluding hydrogens is 526 g/mol. The first-order valence-corrected chi connectivity index (χ1v) is 14.6. The molecule has 0 radical (unpaired) electrons. The van der Waals surface area contributed by atoms with E-state index in [4.69, 9.17) is 11.6 Å². The molecule has 0 N–H and O–H groups in total. The molecule has 5 aromatic carbocycles. The molecule has 0 atom stereocenters. The van der Waals surface area contributed by atoms with E-state index in [2.05, 4.69) is 6.58 Å². The van der Waals surface area contributed by atoms with Crippen LogP contribution in [0.5, 0.6) is 0 Å². The van der Waals surface area contributed by atoms with E-state index in [1.54, 1.807) is 49.4 Å². The predicted octanol–water partition coefficient (Wildman–Crippen LogP) is 7.26. The van der Waals surface area contributed by atoms with Gasteiger partial charge >= 0.3 is 0 Å². The highest BCUT2D eigenvalue weighted by atomic mass is 35.5. The molecule has 0 saturated heterocycles. The predicted molar refractivity (Wildman–Crippen MR) is 151 cm³/mol. The Morgan fingerprint density at radius 2 is 1.11 bits per heavy atom. The molecule has 0 spiro atoms. The standard InChI is InChI=1S/C29H22ClNO4S2/c1-20(2)28-16-13-25(19-29(28)30)31(36(32,33)26-14-11-21-7-3-5-9-23(21)17-26)37(34,35)27-15-12-22-8-4-6-10-24(22)18-27/h3-19H,1H2,2H3. The van der Waals surface area contributed by atoms with Crippen LogP contribution >= 0.6 is 11.6 Å². The van der Waals surface area contributed by atoms with Gasteiger partial charge in [-0.05, 0) is 76.0 Å². The zero-order chi connectivity index (χ0) is 26.4. The van der Waals surface area contributed by atoms with Crippen LogP contribution in [0.1, 0.15) is 12.5 Å². The molecule has 0 heterocycles. The summed E-state index contributed by atoms with van der Waals surface area (Å²) >= 11 is 6.44. The van der Waals surface area contributed by atoms with Crippen molar-refractivity contribution in [3.63, 3.8) is 0 Å². The van der Waals surface area contributed by atoms with Crippen LogP contribution in [0.3, 0.4) is 0 Å². The number of benzene rings is 5. The van der Waals surface area contributed by atoms with Crippen LogP contribution < -0.4 is 3.71 Å². The fraction of sp³-hybridized carbons (Fsp3) is 0.0345. The van der Waals surface area contributed by atoms with Crippen LogP contribution in [0.25, 0.3) is 27.1 Å². The quantitative estimate of drug-likeness (QED) is 0.224. The van der Waals surface area contributed by atoms with E-state index >= 15 is 0 Å². The van der Waals surface area contributed by atoms with Crippen molar-refractivity contribution in [1.82, 2.24) is 0 Å². The molecule has 0 aliphatic heterocycles. The molecule has 8 heteroatoms. The first-order chi connectivity index (χ1) is 17.6. The summed E-state index contributed by atoms with van der Waals surface area (Å²) in [5.41, 5.74) is 1.16. The largest absolute Gasteiger partial charge is 0.277 e. The third-order valence-corrected chi connectivity index (χ3v) is 10.6. The third kappa shape index (κ3) is 4.50. The molecule has 0 aromatic heterocycles. The van der Waals surface area contributed by atoms with E-state index in [1.807, 2.05) is 24.3 Å². The van der Waals surface area contributed by atoms with E-state index in [0.717, 1.165) is 10.8 Å². The number of hydrogen-bond donors (Lipinski definition) is 0. The van der Waals surface area contributed by atoms with Crippen LogP contribution in [0, 0.1) is 0 Å². The SMILES string of the molecule is C=C(C)c1ccc(N(S(=O)(=O)c2ccc3ccccc3c2)S(=O)(=O)c2ccc3ccccc3c2)cc1Cl. The van der Waals surface area contributed by atoms with Gasteiger partial charge in [-0.15, -0.1) is 0 Å². The number of hydrogen-bond acceptors (Lipinski definition) is 4. The van der Waals surface area contributed by atoms with Crippen LogP contribution in [-0.2, 0) is 20.0 Å². The summed E-state index contributed by atoms with van der Waals surface area (Å²) in [5.74, 6) is 0. The van der Waals surface area contributed by atoms with Crippen molar-refractivity contribution in [2.45, 2.75) is 16.7 Å². The van der Waals surface area contributed by atoms with Gasteiger partial charge in [-0.1, -0.05) is 84.9 Å². The van der Waals surface area contributed by atoms with E-state index in [1.165, 1.54) is 36.4 Å². The molecule has 0 amide bonds. The van der Waals surface area contributed by atoms with Crippen molar-refractivity contribution in [1.29, 1.82) is 0 Å². The zero-order valence-electron chi connectivity index (χ0n) is 19.8. The van der Waals surface area contributed by atoms with Gasteiger partial charge < -0.3 is 0 Å². The van der Waals surface area contributed by atoms with Gasteiger partial charge in [-0.2, -0.15) is 3.71 Å². The molecule has 5 rings (SSSR count). The first kappa shape index (κ1) is 25.0. The van der Waals surface area contributed by atoms with Crippen molar-refractivity contribution >= 4 is 64.5 Å². The molecule has 0 unspecified atom stereocenters. The van der Waals surface area contributed by atoms with Gasteiger partial charge in [0, 0.05) is 0 Å². The highest BCUT2D eigenvalue weighted by Crippen LogP contribution is 2.36. The second-order valence-corrected chi connectivity index (χ2v) is 12.9. The van der Waals surface area contributed by atoms with E-state index in [-0.39, 0.29) is 20.5 Å². The number of fused-ring (bicyclic) bond motifs is 2. The summed E-state index contributed by atoms with van der Waals surface area (Å²) in [7, 11) is -9.18. The highest BCUT2D eigenvalue weighted by Gasteiger charge is 2.37. The minimum absolute atomic E-state index is 0.101. The third-order valence-electron chi connectivity index (χ3n) is 6.10. The molecule has 0 saturated carbocycles. The summed E-state index contributed by atoms with van der Waals surface area (Å²) in [6.45, 7) is 5.64. The smallest absolute Gasteiger partial charge is 0.200 e. The Kier molecular flexibility index (Phi) is 6.31. The van der Waals surface area contributed by atoms with Crippen LogP contribution in [0.15, 0.2) is 119 Å². The Bertz CT molecular complexity index is 1810. The van der Waals surface area contributed by atoms with Crippen molar-refractivity contribution in [2.24, 2.45) is 0 Å². The molecule has 0 aliphatic rings. The van der Waals surface area contributed by atoms with Crippen molar-refractivity contribution in [2.75, 3.05) is 3.71 Å². The number of allylic oxidation sites excluding steroid dienone is 1. The van der Waals surface area contributed by atoms with E-state index < -0.39 is 20.0 Å². The topological polar surface area (TPSA) is 71.5 Å². The lowest BCUT2D eigenvalue weighted by Gasteiger charge is -2.25. The first-order valence-electron chi connectivity index (χ1n) is 11.3. The maximum absolute atomic E-state index is 14.1. The average Bonchev–Trinajstić information content (AvgIpc) is 2.87. The van der Waals surface area contributed by atoms with Crippen LogP contribution in [0.4, 0.5) is 5.69 Å². The summed E-state index contributed by atoms with van der Waals surface area (Å²) in [6.07, 6.45) is 0. The molecule has 0 bridgehead atoms. The fourth-order valence-electron chi connectivity index (χ4n) is 4.22. The normalized spacial score (nSPS) is 12.1. The fourth-order valence-corrected chi connectivity index (χ4v) is 8.30. The lowest BCUT2D eigenvalue weighted by atomic mass is 10.1. The minimum Gasteiger partial charge on any atom is -0.200 e. The van der Waals surface area contributed by atoms with Crippen molar-refractivity contribution in [3.8, 4) is 0 Å². The van der Waals surface area contributed by atoms with Gasteiger partial charge in [-0.25, -0.2) is 16.8 Å². The second kappa shape index (κ2) is 9.34. The van der Waals surface area contributed by atoms with Crippen molar-refractivity contribution in [3.05, 3.63) is 120 Å². The second-order valence-electron chi connectivity index (χ2n) is 8.67. The number of anilines is 1. The Balaban J connectivity index is 1.75. The average molecular weight is 548 g/mol. The van der Waals surface area contributed by atoms with Gasteiger partial charge in [0.25, 0.3) is 20.0 Å².